The number of hydrogen-bond acceptors (Lipinski definition) is 4. The van der Waals surface area contributed by atoms with Crippen LogP contribution in [0.4, 0.5) is 0 Å². The van der Waals surface area contributed by atoms with E-state index in [1.165, 1.54) is 6.07 Å². The summed E-state index contributed by atoms with van der Waals surface area (Å²) in [5.41, 5.74) is 1.19. The van der Waals surface area contributed by atoms with Gasteiger partial charge in [0.25, 0.3) is 0 Å². The van der Waals surface area contributed by atoms with Crippen molar-refractivity contribution < 1.29 is 19.2 Å². The molecule has 0 saturated carbocycles. The molecule has 2 heterocycles. The summed E-state index contributed by atoms with van der Waals surface area (Å²) >= 11 is 17.5. The molecular formula is C20H16Cl2N2O3S. The highest BCUT2D eigenvalue weighted by molar-refractivity contribution is 7.81. The molecular weight excluding hydrogens is 419 g/mol. The highest BCUT2D eigenvalue weighted by Gasteiger charge is 2.20. The zero-order valence-electron chi connectivity index (χ0n) is 14.6. The van der Waals surface area contributed by atoms with Crippen LogP contribution in [0.3, 0.4) is 0 Å². The predicted molar refractivity (Wildman–Crippen MR) is 110 cm³/mol. The number of aliphatic hydroxyl groups is 1. The molecule has 0 atom stereocenters. The summed E-state index contributed by atoms with van der Waals surface area (Å²) in [4.78, 5) is 0.229. The molecule has 3 rings (SSSR count). The number of pyridine rings is 1. The van der Waals surface area contributed by atoms with E-state index in [1.54, 1.807) is 59.6 Å². The molecule has 0 saturated heterocycles. The molecule has 2 aromatic heterocycles. The molecule has 28 heavy (non-hydrogen) atoms. The molecule has 0 spiro atoms. The molecule has 3 aromatic rings. The van der Waals surface area contributed by atoms with Gasteiger partial charge in [-0.3, -0.25) is 0 Å². The summed E-state index contributed by atoms with van der Waals surface area (Å²) in [6.07, 6.45) is 4.89. The number of aromatic nitrogens is 1. The van der Waals surface area contributed by atoms with E-state index in [2.05, 4.69) is 5.32 Å². The van der Waals surface area contributed by atoms with Crippen LogP contribution in [0.25, 0.3) is 11.5 Å². The van der Waals surface area contributed by atoms with Gasteiger partial charge in [-0.1, -0.05) is 41.5 Å². The van der Waals surface area contributed by atoms with Gasteiger partial charge in [-0.2, -0.15) is 4.57 Å². The van der Waals surface area contributed by atoms with Crippen molar-refractivity contribution in [2.45, 2.75) is 13.2 Å². The molecule has 0 aliphatic carbocycles. The standard InChI is InChI=1S/C20H16Cl2N2O3S/c21-16-6-5-14(9-17(16)22)19(26)18(24-7-1-3-13(11-24)12-25)20(28)23-10-15-4-2-8-27-15/h1-9,11,25H,10,12H2,(H-,23,26,28). The van der Waals surface area contributed by atoms with Crippen molar-refractivity contribution in [3.05, 3.63) is 88.1 Å². The number of nitrogens with zero attached hydrogens (tertiary/aromatic N) is 1. The van der Waals surface area contributed by atoms with Gasteiger partial charge in [-0.05, 0) is 41.7 Å². The SMILES string of the molecule is [O-]/C(=C(\C(=S)NCc1ccco1)[n+]1cccc(CO)c1)c1ccc(Cl)c(Cl)c1. The van der Waals surface area contributed by atoms with Crippen LogP contribution >= 0.6 is 35.4 Å². The molecule has 0 amide bonds. The van der Waals surface area contributed by atoms with Gasteiger partial charge in [0.15, 0.2) is 17.4 Å². The Bertz CT molecular complexity index is 1020. The van der Waals surface area contributed by atoms with Crippen molar-refractivity contribution in [2.75, 3.05) is 0 Å². The van der Waals surface area contributed by atoms with Crippen LogP contribution in [0.5, 0.6) is 0 Å². The first-order valence-electron chi connectivity index (χ1n) is 8.28. The first-order valence-corrected chi connectivity index (χ1v) is 9.44. The van der Waals surface area contributed by atoms with E-state index in [1.807, 2.05) is 0 Å². The van der Waals surface area contributed by atoms with E-state index in [9.17, 15) is 10.2 Å². The number of halogens is 2. The van der Waals surface area contributed by atoms with Gasteiger partial charge in [0.1, 0.15) is 5.76 Å². The lowest BCUT2D eigenvalue weighted by Crippen LogP contribution is -2.42. The van der Waals surface area contributed by atoms with E-state index >= 15 is 0 Å². The van der Waals surface area contributed by atoms with E-state index in [-0.39, 0.29) is 28.1 Å². The Morgan fingerprint density at radius 1 is 1.18 bits per heavy atom. The minimum Gasteiger partial charge on any atom is -0.867 e. The van der Waals surface area contributed by atoms with Gasteiger partial charge in [0, 0.05) is 11.6 Å². The summed E-state index contributed by atoms with van der Waals surface area (Å²) in [7, 11) is 0. The number of hydrogen-bond donors (Lipinski definition) is 2. The Morgan fingerprint density at radius 3 is 2.68 bits per heavy atom. The number of furan rings is 1. The lowest BCUT2D eigenvalue weighted by Gasteiger charge is -2.17. The molecule has 144 valence electrons. The molecule has 0 fully saturated rings. The molecule has 5 nitrogen and oxygen atoms in total. The molecule has 0 bridgehead atoms. The fourth-order valence-electron chi connectivity index (χ4n) is 2.53. The Kier molecular flexibility index (Phi) is 6.70. The average Bonchev–Trinajstić information content (AvgIpc) is 3.22. The van der Waals surface area contributed by atoms with Crippen LogP contribution in [0.1, 0.15) is 16.9 Å². The molecule has 0 aliphatic rings. The normalized spacial score (nSPS) is 11.8. The number of aliphatic hydroxyl groups excluding tert-OH is 1. The van der Waals surface area contributed by atoms with E-state index in [0.717, 1.165) is 0 Å². The largest absolute Gasteiger partial charge is 0.867 e. The Hall–Kier alpha value is -2.38. The fourth-order valence-corrected chi connectivity index (χ4v) is 3.10. The van der Waals surface area contributed by atoms with E-state index in [4.69, 9.17) is 39.8 Å². The number of thiocarbonyl (C=S) groups is 1. The van der Waals surface area contributed by atoms with Crippen LogP contribution < -0.4 is 15.0 Å². The van der Waals surface area contributed by atoms with Crippen LogP contribution in [0.15, 0.2) is 65.5 Å². The molecule has 0 radical (unpaired) electrons. The summed E-state index contributed by atoms with van der Waals surface area (Å²) in [6.45, 7) is 0.159. The quantitative estimate of drug-likeness (QED) is 0.269. The number of nitrogens with one attached hydrogen (secondary N) is 1. The van der Waals surface area contributed by atoms with E-state index < -0.39 is 0 Å². The monoisotopic (exact) mass is 434 g/mol. The summed E-state index contributed by atoms with van der Waals surface area (Å²) in [5.74, 6) is 0.341. The highest BCUT2D eigenvalue weighted by Crippen LogP contribution is 2.26. The van der Waals surface area contributed by atoms with Crippen LogP contribution in [-0.4, -0.2) is 10.1 Å². The molecule has 0 aliphatic heterocycles. The number of benzene rings is 1. The minimum absolute atomic E-state index is 0.165. The predicted octanol–water partition coefficient (Wildman–Crippen LogP) is 3.17. The van der Waals surface area contributed by atoms with Crippen molar-refractivity contribution in [3.63, 3.8) is 0 Å². The van der Waals surface area contributed by atoms with Gasteiger partial charge >= 0.3 is 0 Å². The van der Waals surface area contributed by atoms with Gasteiger partial charge in [0.05, 0.1) is 29.5 Å². The van der Waals surface area contributed by atoms with Crippen molar-refractivity contribution in [2.24, 2.45) is 0 Å². The molecule has 1 aromatic carbocycles. The topological polar surface area (TPSA) is 72.3 Å². The maximum Gasteiger partial charge on any atom is 0.237 e. The van der Waals surface area contributed by atoms with Gasteiger partial charge in [0.2, 0.25) is 5.70 Å². The van der Waals surface area contributed by atoms with Crippen LogP contribution in [0, 0.1) is 0 Å². The number of rotatable bonds is 6. The third-order valence-electron chi connectivity index (χ3n) is 3.92. The Balaban J connectivity index is 2.04. The van der Waals surface area contributed by atoms with Crippen molar-refractivity contribution >= 4 is 51.9 Å². The van der Waals surface area contributed by atoms with Crippen molar-refractivity contribution in [1.82, 2.24) is 5.32 Å². The molecule has 8 heteroatoms. The lowest BCUT2D eigenvalue weighted by molar-refractivity contribution is -0.578. The molecule has 2 N–H and O–H groups in total. The first-order chi connectivity index (χ1) is 13.5. The highest BCUT2D eigenvalue weighted by atomic mass is 35.5. The second kappa shape index (κ2) is 9.21. The third kappa shape index (κ3) is 4.72. The average molecular weight is 435 g/mol. The second-order valence-corrected chi connectivity index (χ2v) is 7.07. The second-order valence-electron chi connectivity index (χ2n) is 5.85. The maximum absolute atomic E-state index is 13.2. The van der Waals surface area contributed by atoms with Crippen molar-refractivity contribution in [1.29, 1.82) is 0 Å². The minimum atomic E-state index is -0.337. The maximum atomic E-state index is 13.2. The molecule has 0 unspecified atom stereocenters. The summed E-state index contributed by atoms with van der Waals surface area (Å²) in [6, 6.07) is 11.7. The van der Waals surface area contributed by atoms with Gasteiger partial charge in [-0.15, -0.1) is 0 Å². The fraction of sp³-hybridized carbons (Fsp3) is 0.100. The Morgan fingerprint density at radius 2 is 2.00 bits per heavy atom. The van der Waals surface area contributed by atoms with Gasteiger partial charge < -0.3 is 19.9 Å². The lowest BCUT2D eigenvalue weighted by atomic mass is 10.1. The smallest absolute Gasteiger partial charge is 0.237 e. The Labute approximate surface area is 177 Å². The van der Waals surface area contributed by atoms with Gasteiger partial charge in [-0.25, -0.2) is 0 Å². The third-order valence-corrected chi connectivity index (χ3v) is 4.99. The van der Waals surface area contributed by atoms with E-state index in [0.29, 0.717) is 28.5 Å². The van der Waals surface area contributed by atoms with Crippen LogP contribution in [0.2, 0.25) is 10.0 Å². The summed E-state index contributed by atoms with van der Waals surface area (Å²) < 4.78 is 6.87. The summed E-state index contributed by atoms with van der Waals surface area (Å²) in [5, 5.41) is 26.3. The van der Waals surface area contributed by atoms with Crippen molar-refractivity contribution in [3.8, 4) is 0 Å². The first kappa shape index (κ1) is 20.4. The zero-order valence-corrected chi connectivity index (χ0v) is 16.9. The van der Waals surface area contributed by atoms with Crippen LogP contribution in [-0.2, 0) is 13.2 Å². The zero-order chi connectivity index (χ0) is 20.1.